The second-order valence-corrected chi connectivity index (χ2v) is 8.17. The second-order valence-electron chi connectivity index (χ2n) is 8.17. The van der Waals surface area contributed by atoms with E-state index < -0.39 is 5.60 Å². The van der Waals surface area contributed by atoms with Crippen LogP contribution in [0.1, 0.15) is 64.4 Å². The molecule has 1 amide bonds. The van der Waals surface area contributed by atoms with Gasteiger partial charge in [0.05, 0.1) is 0 Å². The van der Waals surface area contributed by atoms with Gasteiger partial charge in [-0.3, -0.25) is 0 Å². The van der Waals surface area contributed by atoms with Crippen LogP contribution in [-0.2, 0) is 4.74 Å². The summed E-state index contributed by atoms with van der Waals surface area (Å²) in [7, 11) is 0. The average molecular weight is 347 g/mol. The highest BCUT2D eigenvalue weighted by atomic mass is 16.6. The van der Waals surface area contributed by atoms with Crippen molar-refractivity contribution in [1.82, 2.24) is 4.90 Å². The van der Waals surface area contributed by atoms with Crippen molar-refractivity contribution in [3.05, 3.63) is 35.9 Å². The molecule has 1 saturated carbocycles. The second kappa shape index (κ2) is 9.23. The van der Waals surface area contributed by atoms with Crippen molar-refractivity contribution in [3.8, 4) is 0 Å². The number of hydrogen-bond acceptors (Lipinski definition) is 3. The standard InChI is InChI=1S/C12H24N2O2.C9H10/c1-12(2,3)16-11(15)14-8-5-10(4-7-13)6-9-14;1-2-4-8(5-3-1)9-6-7-9/h10H,4-9,13H2,1-3H3;1-5,9H,6-7H2. The fourth-order valence-corrected chi connectivity index (χ4v) is 3.11. The van der Waals surface area contributed by atoms with Crippen molar-refractivity contribution in [2.24, 2.45) is 11.7 Å². The highest BCUT2D eigenvalue weighted by Gasteiger charge is 2.26. The number of rotatable bonds is 3. The normalized spacial score (nSPS) is 18.3. The van der Waals surface area contributed by atoms with Crippen LogP contribution >= 0.6 is 0 Å². The van der Waals surface area contributed by atoms with E-state index in [0.29, 0.717) is 5.92 Å². The molecule has 25 heavy (non-hydrogen) atoms. The maximum Gasteiger partial charge on any atom is 0.410 e. The predicted molar refractivity (Wildman–Crippen MR) is 103 cm³/mol. The molecule has 2 fully saturated rings. The number of hydrogen-bond donors (Lipinski definition) is 1. The van der Waals surface area contributed by atoms with Crippen molar-refractivity contribution in [2.75, 3.05) is 19.6 Å². The molecule has 0 spiro atoms. The average Bonchev–Trinajstić information content (AvgIpc) is 3.41. The Morgan fingerprint density at radius 2 is 1.72 bits per heavy atom. The summed E-state index contributed by atoms with van der Waals surface area (Å²) in [5.74, 6) is 1.59. The fourth-order valence-electron chi connectivity index (χ4n) is 3.11. The van der Waals surface area contributed by atoms with Crippen molar-refractivity contribution in [1.29, 1.82) is 0 Å². The maximum absolute atomic E-state index is 11.8. The Labute approximate surface area is 152 Å². The molecule has 1 heterocycles. The van der Waals surface area contributed by atoms with Crippen LogP contribution in [-0.4, -0.2) is 36.2 Å². The van der Waals surface area contributed by atoms with Crippen LogP contribution in [0.15, 0.2) is 30.3 Å². The van der Waals surface area contributed by atoms with E-state index in [9.17, 15) is 4.79 Å². The Morgan fingerprint density at radius 1 is 1.12 bits per heavy atom. The first-order valence-electron chi connectivity index (χ1n) is 9.62. The molecule has 1 aromatic carbocycles. The van der Waals surface area contributed by atoms with Crippen molar-refractivity contribution >= 4 is 6.09 Å². The molecule has 2 aliphatic rings. The first kappa shape index (κ1) is 19.8. The molecular weight excluding hydrogens is 312 g/mol. The predicted octanol–water partition coefficient (Wildman–Crippen LogP) is 4.55. The highest BCUT2D eigenvalue weighted by Crippen LogP contribution is 2.39. The van der Waals surface area contributed by atoms with Gasteiger partial charge in [0.1, 0.15) is 5.60 Å². The van der Waals surface area contributed by atoms with Gasteiger partial charge in [0.25, 0.3) is 0 Å². The van der Waals surface area contributed by atoms with Gasteiger partial charge < -0.3 is 15.4 Å². The van der Waals surface area contributed by atoms with Gasteiger partial charge in [-0.25, -0.2) is 4.79 Å². The number of nitrogens with two attached hydrogens (primary N) is 1. The van der Waals surface area contributed by atoms with Crippen molar-refractivity contribution < 1.29 is 9.53 Å². The molecule has 4 nitrogen and oxygen atoms in total. The van der Waals surface area contributed by atoms with Gasteiger partial charge in [-0.2, -0.15) is 0 Å². The van der Waals surface area contributed by atoms with Gasteiger partial charge in [-0.1, -0.05) is 30.3 Å². The molecule has 3 rings (SSSR count). The Kier molecular flexibility index (Phi) is 7.30. The number of carbonyl (C=O) groups is 1. The number of benzene rings is 1. The monoisotopic (exact) mass is 346 g/mol. The van der Waals surface area contributed by atoms with Crippen molar-refractivity contribution in [3.63, 3.8) is 0 Å². The van der Waals surface area contributed by atoms with Gasteiger partial charge in [0.15, 0.2) is 0 Å². The summed E-state index contributed by atoms with van der Waals surface area (Å²) in [6, 6.07) is 10.8. The molecule has 0 atom stereocenters. The molecule has 1 saturated heterocycles. The lowest BCUT2D eigenvalue weighted by atomic mass is 9.94. The van der Waals surface area contributed by atoms with Crippen LogP contribution in [0.4, 0.5) is 4.79 Å². The smallest absolute Gasteiger partial charge is 0.410 e. The summed E-state index contributed by atoms with van der Waals surface area (Å²) < 4.78 is 5.33. The fraction of sp³-hybridized carbons (Fsp3) is 0.667. The number of carbonyl (C=O) groups excluding carboxylic acids is 1. The molecule has 0 bridgehead atoms. The summed E-state index contributed by atoms with van der Waals surface area (Å²) in [4.78, 5) is 13.6. The first-order valence-corrected chi connectivity index (χ1v) is 9.62. The van der Waals surface area contributed by atoms with E-state index in [4.69, 9.17) is 10.5 Å². The Balaban J connectivity index is 0.000000208. The zero-order valence-corrected chi connectivity index (χ0v) is 16.0. The van der Waals surface area contributed by atoms with Gasteiger partial charge in [0.2, 0.25) is 0 Å². The van der Waals surface area contributed by atoms with Crippen LogP contribution in [0.2, 0.25) is 0 Å². The third kappa shape index (κ3) is 7.47. The molecule has 1 aliphatic carbocycles. The van der Waals surface area contributed by atoms with E-state index in [2.05, 4.69) is 30.3 Å². The molecular formula is C21H34N2O2. The summed E-state index contributed by atoms with van der Waals surface area (Å²) in [5.41, 5.74) is 6.66. The van der Waals surface area contributed by atoms with Crippen LogP contribution < -0.4 is 5.73 Å². The zero-order chi connectivity index (χ0) is 18.3. The van der Waals surface area contributed by atoms with Gasteiger partial charge in [0, 0.05) is 13.1 Å². The van der Waals surface area contributed by atoms with Crippen LogP contribution in [0.25, 0.3) is 0 Å². The molecule has 1 aliphatic heterocycles. The maximum atomic E-state index is 11.8. The Hall–Kier alpha value is -1.55. The summed E-state index contributed by atoms with van der Waals surface area (Å²) in [6.45, 7) is 8.04. The quantitative estimate of drug-likeness (QED) is 0.874. The SMILES string of the molecule is CC(C)(C)OC(=O)N1CCC(CCN)CC1.c1ccc(C2CC2)cc1. The summed E-state index contributed by atoms with van der Waals surface area (Å²) in [5, 5.41) is 0. The molecule has 0 aromatic heterocycles. The molecule has 1 aromatic rings. The highest BCUT2D eigenvalue weighted by molar-refractivity contribution is 5.68. The van der Waals surface area contributed by atoms with E-state index in [1.54, 1.807) is 4.90 Å². The largest absolute Gasteiger partial charge is 0.444 e. The van der Waals surface area contributed by atoms with E-state index >= 15 is 0 Å². The van der Waals surface area contributed by atoms with Crippen molar-refractivity contribution in [2.45, 2.75) is 64.4 Å². The molecule has 140 valence electrons. The third-order valence-corrected chi connectivity index (χ3v) is 4.69. The van der Waals surface area contributed by atoms with Gasteiger partial charge >= 0.3 is 6.09 Å². The molecule has 0 unspecified atom stereocenters. The minimum atomic E-state index is -0.398. The topological polar surface area (TPSA) is 55.6 Å². The zero-order valence-electron chi connectivity index (χ0n) is 16.0. The molecule has 2 N–H and O–H groups in total. The summed E-state index contributed by atoms with van der Waals surface area (Å²) >= 11 is 0. The number of likely N-dealkylation sites (tertiary alicyclic amines) is 1. The van der Waals surface area contributed by atoms with E-state index in [1.165, 1.54) is 18.4 Å². The van der Waals surface area contributed by atoms with Crippen LogP contribution in [0.3, 0.4) is 0 Å². The lowest BCUT2D eigenvalue weighted by Crippen LogP contribution is -2.41. The lowest BCUT2D eigenvalue weighted by Gasteiger charge is -2.33. The first-order chi connectivity index (χ1) is 11.9. The Morgan fingerprint density at radius 3 is 2.20 bits per heavy atom. The number of nitrogens with zero attached hydrogens (tertiary/aromatic N) is 1. The minimum Gasteiger partial charge on any atom is -0.444 e. The lowest BCUT2D eigenvalue weighted by molar-refractivity contribution is 0.0182. The van der Waals surface area contributed by atoms with E-state index in [0.717, 1.165) is 44.8 Å². The van der Waals surface area contributed by atoms with E-state index in [1.807, 2.05) is 20.8 Å². The summed E-state index contributed by atoms with van der Waals surface area (Å²) in [6.07, 6.45) is 5.81. The number of amides is 1. The van der Waals surface area contributed by atoms with Crippen LogP contribution in [0.5, 0.6) is 0 Å². The molecule has 0 radical (unpaired) electrons. The minimum absolute atomic E-state index is 0.182. The number of piperidine rings is 1. The van der Waals surface area contributed by atoms with E-state index in [-0.39, 0.29) is 6.09 Å². The number of ether oxygens (including phenoxy) is 1. The van der Waals surface area contributed by atoms with Gasteiger partial charge in [-0.05, 0) is 76.8 Å². The molecule has 4 heteroatoms. The van der Waals surface area contributed by atoms with Gasteiger partial charge in [-0.15, -0.1) is 0 Å². The third-order valence-electron chi connectivity index (χ3n) is 4.69. The Bertz CT molecular complexity index is 512. The van der Waals surface area contributed by atoms with Crippen LogP contribution in [0, 0.1) is 5.92 Å².